The van der Waals surface area contributed by atoms with Crippen molar-refractivity contribution in [2.45, 2.75) is 77.1 Å². The molecule has 4 N–H and O–H groups in total. The highest BCUT2D eigenvalue weighted by molar-refractivity contribution is 6.09. The van der Waals surface area contributed by atoms with Gasteiger partial charge in [-0.05, 0) is 56.0 Å². The molecular formula is C31H41N5O7. The fourth-order valence-electron chi connectivity index (χ4n) is 6.27. The Hall–Kier alpha value is -4.03. The van der Waals surface area contributed by atoms with E-state index in [-0.39, 0.29) is 43.6 Å². The number of hydrogen-bond donors (Lipinski definition) is 4. The predicted octanol–water partition coefficient (Wildman–Crippen LogP) is 2.26. The molecule has 5 amide bonds. The highest BCUT2D eigenvalue weighted by Gasteiger charge is 2.56. The second-order valence-corrected chi connectivity index (χ2v) is 11.5. The fraction of sp³-hybridized carbons (Fsp3) is 0.516. The molecule has 12 nitrogen and oxygen atoms in total. The van der Waals surface area contributed by atoms with Gasteiger partial charge in [0.2, 0.25) is 5.91 Å². The average Bonchev–Trinajstić information content (AvgIpc) is 3.50. The van der Waals surface area contributed by atoms with Crippen LogP contribution in [0.4, 0.5) is 4.79 Å². The maximum absolute atomic E-state index is 13.3. The molecular weight excluding hydrogens is 554 g/mol. The minimum absolute atomic E-state index is 0.0794. The largest absolute Gasteiger partial charge is 0.497 e. The van der Waals surface area contributed by atoms with Crippen molar-refractivity contribution in [1.29, 1.82) is 0 Å². The second-order valence-electron chi connectivity index (χ2n) is 11.5. The first kappa shape index (κ1) is 31.9. The monoisotopic (exact) mass is 595 g/mol. The van der Waals surface area contributed by atoms with Gasteiger partial charge in [-0.1, -0.05) is 32.9 Å². The minimum Gasteiger partial charge on any atom is -0.497 e. The molecule has 4 heterocycles. The van der Waals surface area contributed by atoms with E-state index in [0.717, 1.165) is 5.56 Å². The number of methoxy groups -OCH3 is 1. The lowest BCUT2D eigenvalue weighted by molar-refractivity contribution is -0.140. The summed E-state index contributed by atoms with van der Waals surface area (Å²) in [5.41, 5.74) is -2.23. The summed E-state index contributed by atoms with van der Waals surface area (Å²) in [4.78, 5) is 59.5. The Morgan fingerprint density at radius 2 is 1.88 bits per heavy atom. The Morgan fingerprint density at radius 3 is 2.49 bits per heavy atom. The van der Waals surface area contributed by atoms with Crippen molar-refractivity contribution in [3.8, 4) is 5.75 Å². The molecule has 0 aliphatic carbocycles. The van der Waals surface area contributed by atoms with E-state index in [1.165, 1.54) is 23.1 Å². The number of urea groups is 1. The summed E-state index contributed by atoms with van der Waals surface area (Å²) in [6.45, 7) is 8.64. The number of hydrogen-bond acceptors (Lipinski definition) is 8. The summed E-state index contributed by atoms with van der Waals surface area (Å²) in [5, 5.41) is 26.3. The molecule has 0 radical (unpaired) electrons. The Morgan fingerprint density at radius 1 is 1.16 bits per heavy atom. The molecule has 4 aliphatic heterocycles. The van der Waals surface area contributed by atoms with Gasteiger partial charge in [0.1, 0.15) is 22.6 Å². The molecule has 5 rings (SSSR count). The van der Waals surface area contributed by atoms with Crippen molar-refractivity contribution in [3.63, 3.8) is 0 Å². The van der Waals surface area contributed by atoms with Gasteiger partial charge in [0.25, 0.3) is 11.8 Å². The molecule has 0 saturated carbocycles. The maximum Gasteiger partial charge on any atom is 0.322 e. The van der Waals surface area contributed by atoms with Gasteiger partial charge in [-0.2, -0.15) is 0 Å². The van der Waals surface area contributed by atoms with E-state index < -0.39 is 41.1 Å². The van der Waals surface area contributed by atoms with E-state index in [2.05, 4.69) is 15.6 Å². The lowest BCUT2D eigenvalue weighted by atomic mass is 9.79. The van der Waals surface area contributed by atoms with E-state index in [4.69, 9.17) is 4.74 Å². The number of fused-ring (bicyclic) bond motifs is 1. The van der Waals surface area contributed by atoms with Crippen molar-refractivity contribution in [2.75, 3.05) is 20.3 Å². The summed E-state index contributed by atoms with van der Waals surface area (Å²) in [5.74, 6) is -0.879. The number of nitrogens with zero attached hydrogens (tertiary/aromatic N) is 3. The third kappa shape index (κ3) is 5.33. The van der Waals surface area contributed by atoms with Gasteiger partial charge in [-0.3, -0.25) is 24.6 Å². The molecule has 1 aromatic rings. The maximum atomic E-state index is 13.3. The molecule has 2 fully saturated rings. The number of benzene rings is 1. The quantitative estimate of drug-likeness (QED) is 0.335. The van der Waals surface area contributed by atoms with Crippen LogP contribution in [0.2, 0.25) is 0 Å². The van der Waals surface area contributed by atoms with Crippen molar-refractivity contribution in [2.24, 2.45) is 10.9 Å². The molecule has 232 valence electrons. The van der Waals surface area contributed by atoms with Crippen molar-refractivity contribution < 1.29 is 34.1 Å². The van der Waals surface area contributed by atoms with E-state index in [1.807, 2.05) is 26.0 Å². The van der Waals surface area contributed by atoms with Crippen LogP contribution < -0.4 is 15.4 Å². The summed E-state index contributed by atoms with van der Waals surface area (Å²) < 4.78 is 5.26. The zero-order valence-corrected chi connectivity index (χ0v) is 25.6. The van der Waals surface area contributed by atoms with Crippen LogP contribution in [-0.2, 0) is 16.1 Å². The summed E-state index contributed by atoms with van der Waals surface area (Å²) >= 11 is 0. The number of imide groups is 1. The number of carbonyl (C=O) groups is 4. The van der Waals surface area contributed by atoms with Crippen LogP contribution in [0.5, 0.6) is 5.75 Å². The third-order valence-electron chi connectivity index (χ3n) is 8.90. The van der Waals surface area contributed by atoms with Crippen LogP contribution in [0.1, 0.15) is 69.8 Å². The summed E-state index contributed by atoms with van der Waals surface area (Å²) in [7, 11) is 1.52. The highest BCUT2D eigenvalue weighted by atomic mass is 16.5. The number of allylic oxidation sites excluding steroid dienone is 2. The Kier molecular flexibility index (Phi) is 8.85. The Balaban J connectivity index is 0.00000207. The zero-order valence-electron chi connectivity index (χ0n) is 25.6. The van der Waals surface area contributed by atoms with E-state index in [1.54, 1.807) is 39.0 Å². The van der Waals surface area contributed by atoms with Gasteiger partial charge in [0.15, 0.2) is 0 Å². The van der Waals surface area contributed by atoms with Crippen LogP contribution in [0.15, 0.2) is 46.7 Å². The Bertz CT molecular complexity index is 1410. The van der Waals surface area contributed by atoms with Gasteiger partial charge in [-0.25, -0.2) is 9.79 Å². The number of aliphatic hydroxyl groups excluding tert-OH is 1. The van der Waals surface area contributed by atoms with Gasteiger partial charge in [0, 0.05) is 30.7 Å². The predicted molar refractivity (Wildman–Crippen MR) is 159 cm³/mol. The number of rotatable bonds is 8. The van der Waals surface area contributed by atoms with Crippen LogP contribution in [0.3, 0.4) is 0 Å². The molecule has 2 saturated heterocycles. The smallest absolute Gasteiger partial charge is 0.322 e. The van der Waals surface area contributed by atoms with Crippen molar-refractivity contribution in [3.05, 3.63) is 52.9 Å². The summed E-state index contributed by atoms with van der Waals surface area (Å²) in [6, 6.07) is 4.58. The molecule has 0 aromatic heterocycles. The normalized spacial score (nSPS) is 25.8. The molecule has 3 atom stereocenters. The molecule has 0 bridgehead atoms. The Labute approximate surface area is 251 Å². The van der Waals surface area contributed by atoms with E-state index in [0.29, 0.717) is 23.3 Å². The average molecular weight is 596 g/mol. The number of likely N-dealkylation sites (tertiary alicyclic amines) is 1. The van der Waals surface area contributed by atoms with Gasteiger partial charge < -0.3 is 25.2 Å². The fourth-order valence-corrected chi connectivity index (χ4v) is 6.27. The zero-order chi connectivity index (χ0) is 31.7. The molecule has 0 spiro atoms. The first-order valence-electron chi connectivity index (χ1n) is 14.6. The SMILES string of the molecule is CC.COc1ccc2c(c1)C(=O)N(C[C@@]1(C(C)C3=CCC=C(N4C(=O)CCC4(CO)C(C)(C)O)N=C3)NC(=O)NC1=O)C2. The number of carbonyl (C=O) groups excluding carboxylic acids is 4. The number of amides is 5. The lowest BCUT2D eigenvalue weighted by Gasteiger charge is -2.45. The van der Waals surface area contributed by atoms with Gasteiger partial charge in [-0.15, -0.1) is 0 Å². The van der Waals surface area contributed by atoms with Gasteiger partial charge >= 0.3 is 6.03 Å². The molecule has 4 aliphatic rings. The van der Waals surface area contributed by atoms with Crippen LogP contribution in [0, 0.1) is 5.92 Å². The van der Waals surface area contributed by atoms with Crippen molar-refractivity contribution in [1.82, 2.24) is 20.4 Å². The molecule has 1 aromatic carbocycles. The summed E-state index contributed by atoms with van der Waals surface area (Å²) in [6.07, 6.45) is 5.86. The number of aliphatic imine (C=N–C) groups is 1. The molecule has 12 heteroatoms. The van der Waals surface area contributed by atoms with E-state index >= 15 is 0 Å². The van der Waals surface area contributed by atoms with Crippen molar-refractivity contribution >= 4 is 30.0 Å². The number of aliphatic hydroxyl groups is 2. The first-order chi connectivity index (χ1) is 20.4. The third-order valence-corrected chi connectivity index (χ3v) is 8.90. The highest BCUT2D eigenvalue weighted by Crippen LogP contribution is 2.42. The minimum atomic E-state index is -1.48. The van der Waals surface area contributed by atoms with Crippen LogP contribution in [-0.4, -0.2) is 86.9 Å². The number of nitrogens with one attached hydrogen (secondary N) is 2. The number of ether oxygens (including phenoxy) is 1. The second kappa shape index (κ2) is 11.9. The first-order valence-corrected chi connectivity index (χ1v) is 14.6. The van der Waals surface area contributed by atoms with Crippen LogP contribution in [0.25, 0.3) is 0 Å². The topological polar surface area (TPSA) is 161 Å². The standard InChI is InChI=1S/C29H35N5O7.C2H6/c1-17(18-6-5-7-22(30-13-18)34-23(36)10-11-28(34,16-35)27(2,3)40)29(25(38)31-26(39)32-29)15-33-14-19-8-9-20(41-4)12-21(19)24(33)37;1-2/h6-9,12-13,17,35,40H,5,10-11,14-16H2,1-4H3,(H2,31,32,38,39);1-2H3/t17?,28?,29-;/m0./s1. The lowest BCUT2D eigenvalue weighted by Crippen LogP contribution is -2.61. The van der Waals surface area contributed by atoms with E-state index in [9.17, 15) is 29.4 Å². The van der Waals surface area contributed by atoms with Crippen LogP contribution >= 0.6 is 0 Å². The molecule has 2 unspecified atom stereocenters. The van der Waals surface area contributed by atoms with Gasteiger partial charge in [0.05, 0.1) is 25.9 Å². The molecule has 43 heavy (non-hydrogen) atoms.